The van der Waals surface area contributed by atoms with E-state index in [2.05, 4.69) is 5.32 Å². The van der Waals surface area contributed by atoms with Crippen LogP contribution in [0.3, 0.4) is 0 Å². The van der Waals surface area contributed by atoms with Crippen LogP contribution in [0.4, 0.5) is 0 Å². The minimum absolute atomic E-state index is 0. The third kappa shape index (κ3) is 1.88. The summed E-state index contributed by atoms with van der Waals surface area (Å²) in [7, 11) is 0. The Morgan fingerprint density at radius 2 is 2.23 bits per heavy atom. The van der Waals surface area contributed by atoms with Gasteiger partial charge in [0.2, 0.25) is 0 Å². The Morgan fingerprint density at radius 3 is 2.69 bits per heavy atom. The number of ether oxygens (including phenoxy) is 1. The minimum Gasteiger partial charge on any atom is -0.462 e. The van der Waals surface area contributed by atoms with Crippen LogP contribution in [-0.4, -0.2) is 13.2 Å². The number of hydrogen-bond acceptors (Lipinski definition) is 3. The van der Waals surface area contributed by atoms with Crippen LogP contribution in [0.25, 0.3) is 0 Å². The van der Waals surface area contributed by atoms with E-state index in [1.165, 1.54) is 0 Å². The molecule has 3 nitrogen and oxygen atoms in total. The first-order valence-electron chi connectivity index (χ1n) is 4.17. The molecular formula is C9H14ClNO2. The zero-order valence-corrected chi connectivity index (χ0v) is 8.61. The molecule has 1 unspecified atom stereocenters. The number of aryl methyl sites for hydroxylation is 1. The molecule has 0 bridgehead atoms. The molecule has 74 valence electrons. The molecule has 1 fully saturated rings. The molecule has 0 radical (unpaired) electrons. The Kier molecular flexibility index (Phi) is 3.01. The first-order valence-corrected chi connectivity index (χ1v) is 4.17. The molecule has 0 aromatic carbocycles. The molecule has 1 aliphatic heterocycles. The van der Waals surface area contributed by atoms with Crippen molar-refractivity contribution in [1.29, 1.82) is 0 Å². The van der Waals surface area contributed by atoms with E-state index in [4.69, 9.17) is 9.15 Å². The van der Waals surface area contributed by atoms with Gasteiger partial charge in [0, 0.05) is 6.54 Å². The third-order valence-electron chi connectivity index (χ3n) is 2.17. The van der Waals surface area contributed by atoms with Gasteiger partial charge in [0.1, 0.15) is 5.76 Å². The van der Waals surface area contributed by atoms with Crippen LogP contribution in [0.2, 0.25) is 0 Å². The maximum Gasteiger partial charge on any atom is 0.175 e. The Bertz CT molecular complexity index is 279. The number of halogens is 1. The summed E-state index contributed by atoms with van der Waals surface area (Å²) < 4.78 is 11.0. The van der Waals surface area contributed by atoms with Crippen molar-refractivity contribution in [3.8, 4) is 0 Å². The minimum atomic E-state index is -0.408. The van der Waals surface area contributed by atoms with Crippen molar-refractivity contribution in [1.82, 2.24) is 5.32 Å². The molecular weight excluding hydrogens is 190 g/mol. The number of nitrogens with one attached hydrogen (secondary N) is 1. The molecule has 0 amide bonds. The predicted octanol–water partition coefficient (Wildman–Crippen LogP) is 1.80. The summed E-state index contributed by atoms with van der Waals surface area (Å²) in [6, 6.07) is 3.90. The second-order valence-corrected chi connectivity index (χ2v) is 3.22. The van der Waals surface area contributed by atoms with Crippen LogP contribution >= 0.6 is 12.4 Å². The van der Waals surface area contributed by atoms with Gasteiger partial charge in [-0.25, -0.2) is 0 Å². The van der Waals surface area contributed by atoms with Gasteiger partial charge < -0.3 is 9.15 Å². The standard InChI is InChI=1S/C9H13NO2.ClH/c1-7-3-4-8(12-7)9(2)10-5-6-11-9;/h3-4,10H,5-6H2,1-2H3;1H. The fourth-order valence-corrected chi connectivity index (χ4v) is 1.44. The molecule has 1 N–H and O–H groups in total. The van der Waals surface area contributed by atoms with Crippen LogP contribution in [0.1, 0.15) is 18.4 Å². The summed E-state index contributed by atoms with van der Waals surface area (Å²) in [6.07, 6.45) is 0. The van der Waals surface area contributed by atoms with Gasteiger partial charge in [-0.15, -0.1) is 12.4 Å². The predicted molar refractivity (Wildman–Crippen MR) is 52.0 cm³/mol. The summed E-state index contributed by atoms with van der Waals surface area (Å²) in [6.45, 7) is 5.55. The lowest BCUT2D eigenvalue weighted by molar-refractivity contribution is -0.0158. The monoisotopic (exact) mass is 203 g/mol. The second kappa shape index (κ2) is 3.70. The van der Waals surface area contributed by atoms with Crippen LogP contribution in [0.5, 0.6) is 0 Å². The van der Waals surface area contributed by atoms with E-state index in [1.807, 2.05) is 26.0 Å². The summed E-state index contributed by atoms with van der Waals surface area (Å²) in [4.78, 5) is 0. The highest BCUT2D eigenvalue weighted by Crippen LogP contribution is 2.26. The Morgan fingerprint density at radius 1 is 1.46 bits per heavy atom. The molecule has 0 aliphatic carbocycles. The van der Waals surface area contributed by atoms with E-state index >= 15 is 0 Å². The van der Waals surface area contributed by atoms with Gasteiger partial charge >= 0.3 is 0 Å². The first-order chi connectivity index (χ1) is 5.71. The van der Waals surface area contributed by atoms with Crippen molar-refractivity contribution < 1.29 is 9.15 Å². The van der Waals surface area contributed by atoms with Gasteiger partial charge in [0.15, 0.2) is 11.5 Å². The van der Waals surface area contributed by atoms with Crippen LogP contribution in [0.15, 0.2) is 16.5 Å². The first kappa shape index (κ1) is 10.6. The average molecular weight is 204 g/mol. The summed E-state index contributed by atoms with van der Waals surface area (Å²) in [5.41, 5.74) is -0.408. The van der Waals surface area contributed by atoms with Gasteiger partial charge in [0.05, 0.1) is 6.61 Å². The molecule has 1 atom stereocenters. The molecule has 2 rings (SSSR count). The number of furan rings is 1. The Labute approximate surface area is 83.9 Å². The number of rotatable bonds is 1. The summed E-state index contributed by atoms with van der Waals surface area (Å²) >= 11 is 0. The maximum absolute atomic E-state index is 5.53. The quantitative estimate of drug-likeness (QED) is 0.756. The van der Waals surface area contributed by atoms with E-state index in [0.29, 0.717) is 0 Å². The topological polar surface area (TPSA) is 34.4 Å². The van der Waals surface area contributed by atoms with E-state index < -0.39 is 5.72 Å². The third-order valence-corrected chi connectivity index (χ3v) is 2.17. The molecule has 1 aliphatic rings. The van der Waals surface area contributed by atoms with Crippen molar-refractivity contribution in [3.05, 3.63) is 23.7 Å². The van der Waals surface area contributed by atoms with Gasteiger partial charge in [0.25, 0.3) is 0 Å². The summed E-state index contributed by atoms with van der Waals surface area (Å²) in [5, 5.41) is 3.25. The SMILES string of the molecule is Cc1ccc(C2(C)NCCO2)o1.Cl. The van der Waals surface area contributed by atoms with Crippen molar-refractivity contribution in [2.24, 2.45) is 0 Å². The van der Waals surface area contributed by atoms with Gasteiger partial charge in [-0.1, -0.05) is 0 Å². The average Bonchev–Trinajstić information content (AvgIpc) is 2.59. The smallest absolute Gasteiger partial charge is 0.175 e. The van der Waals surface area contributed by atoms with E-state index in [1.54, 1.807) is 0 Å². The van der Waals surface area contributed by atoms with Crippen molar-refractivity contribution in [2.45, 2.75) is 19.6 Å². The molecule has 0 saturated carbocycles. The zero-order valence-electron chi connectivity index (χ0n) is 7.79. The molecule has 13 heavy (non-hydrogen) atoms. The maximum atomic E-state index is 5.53. The normalized spacial score (nSPS) is 27.2. The molecule has 1 saturated heterocycles. The van der Waals surface area contributed by atoms with E-state index in [-0.39, 0.29) is 12.4 Å². The molecule has 4 heteroatoms. The molecule has 1 aromatic heterocycles. The van der Waals surface area contributed by atoms with Crippen molar-refractivity contribution in [2.75, 3.05) is 13.2 Å². The lowest BCUT2D eigenvalue weighted by atomic mass is 10.2. The van der Waals surface area contributed by atoms with Crippen LogP contribution in [-0.2, 0) is 10.5 Å². The van der Waals surface area contributed by atoms with E-state index in [9.17, 15) is 0 Å². The lowest BCUT2D eigenvalue weighted by Gasteiger charge is -2.20. The van der Waals surface area contributed by atoms with Gasteiger partial charge in [-0.05, 0) is 26.0 Å². The number of hydrogen-bond donors (Lipinski definition) is 1. The molecule has 2 heterocycles. The highest BCUT2D eigenvalue weighted by molar-refractivity contribution is 5.85. The molecule has 1 aromatic rings. The van der Waals surface area contributed by atoms with E-state index in [0.717, 1.165) is 24.7 Å². The highest BCUT2D eigenvalue weighted by Gasteiger charge is 2.34. The highest BCUT2D eigenvalue weighted by atomic mass is 35.5. The van der Waals surface area contributed by atoms with Gasteiger partial charge in [-0.2, -0.15) is 0 Å². The zero-order chi connectivity index (χ0) is 8.60. The lowest BCUT2D eigenvalue weighted by Crippen LogP contribution is -2.33. The van der Waals surface area contributed by atoms with Crippen LogP contribution in [0, 0.1) is 6.92 Å². The second-order valence-electron chi connectivity index (χ2n) is 3.22. The molecule has 0 spiro atoms. The van der Waals surface area contributed by atoms with Crippen LogP contribution < -0.4 is 5.32 Å². The van der Waals surface area contributed by atoms with Gasteiger partial charge in [-0.3, -0.25) is 5.32 Å². The fourth-order valence-electron chi connectivity index (χ4n) is 1.44. The van der Waals surface area contributed by atoms with Crippen molar-refractivity contribution in [3.63, 3.8) is 0 Å². The summed E-state index contributed by atoms with van der Waals surface area (Å²) in [5.74, 6) is 1.78. The fraction of sp³-hybridized carbons (Fsp3) is 0.556. The Hall–Kier alpha value is -0.510. The van der Waals surface area contributed by atoms with Crippen molar-refractivity contribution >= 4 is 12.4 Å². The largest absolute Gasteiger partial charge is 0.462 e. The Balaban J connectivity index is 0.000000845.